The molecule has 0 saturated heterocycles. The van der Waals surface area contributed by atoms with Gasteiger partial charge >= 0.3 is 6.09 Å². The number of hydrogen-bond donors (Lipinski definition) is 4. The summed E-state index contributed by atoms with van der Waals surface area (Å²) in [4.78, 5) is 52.4. The summed E-state index contributed by atoms with van der Waals surface area (Å²) >= 11 is 0. The first-order chi connectivity index (χ1) is 16.3. The molecule has 2 unspecified atom stereocenters. The minimum atomic E-state index is -1.39. The molecule has 4 amide bonds. The molecule has 5 N–H and O–H groups in total. The molecule has 0 bridgehead atoms. The van der Waals surface area contributed by atoms with Crippen molar-refractivity contribution in [2.75, 3.05) is 19.7 Å². The standard InChI is InChI=1S/C25H40N4O6/c1-7-8-12-27-22(32)21(20-16(2)10-9-11-17(20)3)29(13-14-30)23(33)18(15-19(26)31)28-24(34)35-25(4,5)6/h9-11,18,21,30H,7-8,12-15H2,1-6H3,(H2,26,31)(H,27,32)(H,28,34). The number of carbonyl (C=O) groups excluding carboxylic acids is 4. The van der Waals surface area contributed by atoms with Crippen LogP contribution in [0.5, 0.6) is 0 Å². The summed E-state index contributed by atoms with van der Waals surface area (Å²) < 4.78 is 5.23. The number of primary amides is 1. The summed E-state index contributed by atoms with van der Waals surface area (Å²) in [5, 5.41) is 15.1. The highest BCUT2D eigenvalue weighted by Crippen LogP contribution is 2.28. The predicted molar refractivity (Wildman–Crippen MR) is 132 cm³/mol. The van der Waals surface area contributed by atoms with Gasteiger partial charge in [0.25, 0.3) is 0 Å². The number of nitrogens with two attached hydrogens (primary N) is 1. The minimum Gasteiger partial charge on any atom is -0.444 e. The highest BCUT2D eigenvalue weighted by Gasteiger charge is 2.37. The quantitative estimate of drug-likeness (QED) is 0.327. The van der Waals surface area contributed by atoms with Crippen molar-refractivity contribution < 1.29 is 29.0 Å². The summed E-state index contributed by atoms with van der Waals surface area (Å²) in [6.45, 7) is 10.4. The van der Waals surface area contributed by atoms with Crippen molar-refractivity contribution in [1.29, 1.82) is 0 Å². The van der Waals surface area contributed by atoms with Crippen molar-refractivity contribution in [1.82, 2.24) is 15.5 Å². The van der Waals surface area contributed by atoms with E-state index in [-0.39, 0.29) is 6.54 Å². The smallest absolute Gasteiger partial charge is 0.408 e. The normalized spacial score (nSPS) is 12.9. The lowest BCUT2D eigenvalue weighted by Crippen LogP contribution is -2.54. The Morgan fingerprint density at radius 2 is 1.74 bits per heavy atom. The van der Waals surface area contributed by atoms with E-state index in [0.717, 1.165) is 24.0 Å². The molecule has 0 aliphatic carbocycles. The Balaban J connectivity index is 3.49. The lowest BCUT2D eigenvalue weighted by Gasteiger charge is -2.35. The zero-order valence-corrected chi connectivity index (χ0v) is 21.6. The van der Waals surface area contributed by atoms with Gasteiger partial charge in [-0.3, -0.25) is 14.4 Å². The summed E-state index contributed by atoms with van der Waals surface area (Å²) in [5.74, 6) is -1.98. The van der Waals surface area contributed by atoms with E-state index >= 15 is 0 Å². The van der Waals surface area contributed by atoms with E-state index in [1.54, 1.807) is 20.8 Å². The van der Waals surface area contributed by atoms with Crippen LogP contribution >= 0.6 is 0 Å². The maximum Gasteiger partial charge on any atom is 0.408 e. The van der Waals surface area contributed by atoms with Gasteiger partial charge in [-0.1, -0.05) is 31.5 Å². The maximum atomic E-state index is 13.7. The summed E-state index contributed by atoms with van der Waals surface area (Å²) in [7, 11) is 0. The number of aliphatic hydroxyl groups is 1. The van der Waals surface area contributed by atoms with Gasteiger partial charge < -0.3 is 31.1 Å². The first-order valence-corrected chi connectivity index (χ1v) is 11.8. The van der Waals surface area contributed by atoms with Gasteiger partial charge in [0.15, 0.2) is 0 Å². The third-order valence-electron chi connectivity index (χ3n) is 5.22. The van der Waals surface area contributed by atoms with Crippen molar-refractivity contribution in [3.05, 3.63) is 34.9 Å². The Bertz CT molecular complexity index is 876. The van der Waals surface area contributed by atoms with Crippen molar-refractivity contribution in [3.8, 4) is 0 Å². The third kappa shape index (κ3) is 9.56. The fourth-order valence-electron chi connectivity index (χ4n) is 3.70. The van der Waals surface area contributed by atoms with Gasteiger partial charge in [0.2, 0.25) is 17.7 Å². The highest BCUT2D eigenvalue weighted by molar-refractivity contribution is 5.94. The topological polar surface area (TPSA) is 151 Å². The Hall–Kier alpha value is -3.14. The number of alkyl carbamates (subject to hydrolysis) is 1. The van der Waals surface area contributed by atoms with Gasteiger partial charge in [-0.2, -0.15) is 0 Å². The van der Waals surface area contributed by atoms with Gasteiger partial charge in [0.1, 0.15) is 17.7 Å². The van der Waals surface area contributed by atoms with Crippen LogP contribution in [0.15, 0.2) is 18.2 Å². The first kappa shape index (κ1) is 29.9. The lowest BCUT2D eigenvalue weighted by molar-refractivity contribution is -0.144. The molecule has 196 valence electrons. The fraction of sp³-hybridized carbons (Fsp3) is 0.600. The average Bonchev–Trinajstić information content (AvgIpc) is 2.72. The molecule has 0 spiro atoms. The van der Waals surface area contributed by atoms with E-state index in [1.807, 2.05) is 39.0 Å². The second kappa shape index (κ2) is 13.7. The van der Waals surface area contributed by atoms with Gasteiger partial charge in [-0.05, 0) is 57.7 Å². The minimum absolute atomic E-state index is 0.205. The molecule has 1 aromatic rings. The van der Waals surface area contributed by atoms with Crippen molar-refractivity contribution in [3.63, 3.8) is 0 Å². The molecular formula is C25H40N4O6. The van der Waals surface area contributed by atoms with Crippen LogP contribution in [0.3, 0.4) is 0 Å². The van der Waals surface area contributed by atoms with Crippen molar-refractivity contribution in [2.45, 2.75) is 78.5 Å². The molecule has 0 aromatic heterocycles. The number of ether oxygens (including phenoxy) is 1. The number of aliphatic hydroxyl groups excluding tert-OH is 1. The Morgan fingerprint density at radius 1 is 1.14 bits per heavy atom. The van der Waals surface area contributed by atoms with E-state index in [1.165, 1.54) is 4.90 Å². The molecule has 1 aromatic carbocycles. The largest absolute Gasteiger partial charge is 0.444 e. The number of hydrogen-bond acceptors (Lipinski definition) is 6. The number of benzene rings is 1. The molecule has 0 aliphatic heterocycles. The second-order valence-electron chi connectivity index (χ2n) is 9.48. The monoisotopic (exact) mass is 492 g/mol. The lowest BCUT2D eigenvalue weighted by atomic mass is 9.93. The highest BCUT2D eigenvalue weighted by atomic mass is 16.6. The van der Waals surface area contributed by atoms with Crippen LogP contribution in [0.1, 0.15) is 69.7 Å². The number of carbonyl (C=O) groups is 4. The Morgan fingerprint density at radius 3 is 2.23 bits per heavy atom. The van der Waals surface area contributed by atoms with Gasteiger partial charge in [0.05, 0.1) is 13.0 Å². The molecule has 0 heterocycles. The van der Waals surface area contributed by atoms with E-state index in [0.29, 0.717) is 12.1 Å². The van der Waals surface area contributed by atoms with Crippen LogP contribution in [0.25, 0.3) is 0 Å². The van der Waals surface area contributed by atoms with E-state index in [2.05, 4.69) is 10.6 Å². The third-order valence-corrected chi connectivity index (χ3v) is 5.22. The zero-order chi connectivity index (χ0) is 26.8. The second-order valence-corrected chi connectivity index (χ2v) is 9.48. The molecular weight excluding hydrogens is 452 g/mol. The number of rotatable bonds is 12. The first-order valence-electron chi connectivity index (χ1n) is 11.8. The van der Waals surface area contributed by atoms with Crippen molar-refractivity contribution in [2.24, 2.45) is 5.73 Å². The van der Waals surface area contributed by atoms with Crippen LogP contribution < -0.4 is 16.4 Å². The molecule has 10 heteroatoms. The molecule has 0 fully saturated rings. The van der Waals surface area contributed by atoms with Crippen LogP contribution in [0.2, 0.25) is 0 Å². The molecule has 0 aliphatic rings. The predicted octanol–water partition coefficient (Wildman–Crippen LogP) is 1.85. The fourth-order valence-corrected chi connectivity index (χ4v) is 3.70. The van der Waals surface area contributed by atoms with E-state index in [9.17, 15) is 24.3 Å². The molecule has 0 saturated carbocycles. The van der Waals surface area contributed by atoms with E-state index in [4.69, 9.17) is 10.5 Å². The van der Waals surface area contributed by atoms with Crippen LogP contribution in [0, 0.1) is 13.8 Å². The summed E-state index contributed by atoms with van der Waals surface area (Å²) in [6.07, 6.45) is 0.214. The van der Waals surface area contributed by atoms with Crippen LogP contribution in [0.4, 0.5) is 4.79 Å². The van der Waals surface area contributed by atoms with Crippen molar-refractivity contribution >= 4 is 23.8 Å². The Labute approximate surface area is 207 Å². The molecule has 2 atom stereocenters. The SMILES string of the molecule is CCCCNC(=O)C(c1c(C)cccc1C)N(CCO)C(=O)C(CC(N)=O)NC(=O)OC(C)(C)C. The maximum absolute atomic E-state index is 13.7. The summed E-state index contributed by atoms with van der Waals surface area (Å²) in [6, 6.07) is 3.03. The van der Waals surface area contributed by atoms with Gasteiger partial charge in [-0.15, -0.1) is 0 Å². The number of aryl methyl sites for hydroxylation is 2. The molecule has 35 heavy (non-hydrogen) atoms. The number of unbranched alkanes of at least 4 members (excludes halogenated alkanes) is 1. The molecule has 1 rings (SSSR count). The Kier molecular flexibility index (Phi) is 11.7. The zero-order valence-electron chi connectivity index (χ0n) is 21.6. The number of nitrogens with one attached hydrogen (secondary N) is 2. The van der Waals surface area contributed by atoms with Gasteiger partial charge in [0, 0.05) is 13.1 Å². The average molecular weight is 493 g/mol. The van der Waals surface area contributed by atoms with Crippen LogP contribution in [-0.4, -0.2) is 65.2 Å². The van der Waals surface area contributed by atoms with E-state index < -0.39 is 54.5 Å². The van der Waals surface area contributed by atoms with Gasteiger partial charge in [-0.25, -0.2) is 4.79 Å². The number of nitrogens with zero attached hydrogens (tertiary/aromatic N) is 1. The summed E-state index contributed by atoms with van der Waals surface area (Å²) in [5.41, 5.74) is 6.69. The number of amides is 4. The molecule has 0 radical (unpaired) electrons. The molecule has 10 nitrogen and oxygen atoms in total. The van der Waals surface area contributed by atoms with Crippen LogP contribution in [-0.2, 0) is 19.1 Å².